The molecule has 0 bridgehead atoms. The highest BCUT2D eigenvalue weighted by atomic mass is 15.0. The van der Waals surface area contributed by atoms with Crippen molar-refractivity contribution < 1.29 is 0 Å². The molecule has 0 saturated carbocycles. The van der Waals surface area contributed by atoms with Crippen molar-refractivity contribution in [3.8, 4) is 0 Å². The van der Waals surface area contributed by atoms with E-state index in [-0.39, 0.29) is 0 Å². The maximum absolute atomic E-state index is 5.39. The fraction of sp³-hybridized carbons (Fsp3) is 0.333. The van der Waals surface area contributed by atoms with E-state index in [2.05, 4.69) is 15.3 Å². The molecule has 3 N–H and O–H groups in total. The Hall–Kier alpha value is -1.32. The summed E-state index contributed by atoms with van der Waals surface area (Å²) in [6.07, 6.45) is 1.54. The lowest BCUT2D eigenvalue weighted by Gasteiger charge is -2.01. The van der Waals surface area contributed by atoms with E-state index in [0.29, 0.717) is 5.82 Å². The van der Waals surface area contributed by atoms with Gasteiger partial charge in [0.25, 0.3) is 0 Å². The summed E-state index contributed by atoms with van der Waals surface area (Å²) >= 11 is 0. The van der Waals surface area contributed by atoms with E-state index in [1.165, 1.54) is 6.20 Å². The molecule has 0 aromatic carbocycles. The van der Waals surface area contributed by atoms with Crippen LogP contribution < -0.4 is 11.1 Å². The summed E-state index contributed by atoms with van der Waals surface area (Å²) in [4.78, 5) is 7.99. The van der Waals surface area contributed by atoms with Gasteiger partial charge in [-0.1, -0.05) is 0 Å². The van der Waals surface area contributed by atoms with E-state index in [9.17, 15) is 0 Å². The van der Waals surface area contributed by atoms with Crippen LogP contribution in [0.15, 0.2) is 6.20 Å². The third-order valence-corrected chi connectivity index (χ3v) is 1.21. The van der Waals surface area contributed by atoms with E-state index >= 15 is 0 Å². The average molecular weight is 138 g/mol. The quantitative estimate of drug-likeness (QED) is 0.590. The summed E-state index contributed by atoms with van der Waals surface area (Å²) in [7, 11) is 1.79. The minimum Gasteiger partial charge on any atom is -0.382 e. The second kappa shape index (κ2) is 2.51. The molecule has 1 heterocycles. The van der Waals surface area contributed by atoms with Crippen LogP contribution in [0.3, 0.4) is 0 Å². The van der Waals surface area contributed by atoms with E-state index in [1.54, 1.807) is 7.05 Å². The number of hydrogen-bond donors (Lipinski definition) is 2. The van der Waals surface area contributed by atoms with E-state index < -0.39 is 0 Å². The fourth-order valence-electron chi connectivity index (χ4n) is 0.700. The summed E-state index contributed by atoms with van der Waals surface area (Å²) in [6.45, 7) is 1.87. The molecule has 54 valence electrons. The molecule has 0 aliphatic rings. The Labute approximate surface area is 59.5 Å². The molecule has 4 heteroatoms. The van der Waals surface area contributed by atoms with Crippen molar-refractivity contribution in [2.45, 2.75) is 6.92 Å². The van der Waals surface area contributed by atoms with Gasteiger partial charge in [0.1, 0.15) is 11.6 Å². The SMILES string of the molecule is CNc1nc(N)cnc1C. The number of nitrogens with two attached hydrogens (primary N) is 1. The van der Waals surface area contributed by atoms with Gasteiger partial charge in [-0.15, -0.1) is 0 Å². The maximum atomic E-state index is 5.39. The second-order valence-electron chi connectivity index (χ2n) is 1.98. The van der Waals surface area contributed by atoms with Crippen molar-refractivity contribution in [1.29, 1.82) is 0 Å². The molecule has 0 aliphatic carbocycles. The van der Waals surface area contributed by atoms with Crippen LogP contribution in [0.1, 0.15) is 5.69 Å². The average Bonchev–Trinajstić information content (AvgIpc) is 1.94. The Balaban J connectivity index is 3.09. The maximum Gasteiger partial charge on any atom is 0.149 e. The minimum atomic E-state index is 0.440. The number of nitrogen functional groups attached to an aromatic ring is 1. The van der Waals surface area contributed by atoms with Crippen LogP contribution in [0.2, 0.25) is 0 Å². The van der Waals surface area contributed by atoms with Crippen LogP contribution in [0.25, 0.3) is 0 Å². The van der Waals surface area contributed by atoms with Gasteiger partial charge in [0.05, 0.1) is 11.9 Å². The number of anilines is 2. The molecule has 1 aromatic heterocycles. The molecule has 10 heavy (non-hydrogen) atoms. The predicted octanol–water partition coefficient (Wildman–Crippen LogP) is 0.409. The van der Waals surface area contributed by atoms with Crippen molar-refractivity contribution in [1.82, 2.24) is 9.97 Å². The van der Waals surface area contributed by atoms with Gasteiger partial charge in [-0.05, 0) is 6.92 Å². The number of nitrogens with zero attached hydrogens (tertiary/aromatic N) is 2. The third-order valence-electron chi connectivity index (χ3n) is 1.21. The highest BCUT2D eigenvalue weighted by molar-refractivity contribution is 5.43. The lowest BCUT2D eigenvalue weighted by molar-refractivity contribution is 1.12. The number of aromatic nitrogens is 2. The zero-order valence-corrected chi connectivity index (χ0v) is 6.05. The first-order valence-corrected chi connectivity index (χ1v) is 3.01. The predicted molar refractivity (Wildman–Crippen MR) is 40.7 cm³/mol. The largest absolute Gasteiger partial charge is 0.382 e. The van der Waals surface area contributed by atoms with Crippen LogP contribution in [0.4, 0.5) is 11.6 Å². The first-order chi connectivity index (χ1) is 4.74. The zero-order chi connectivity index (χ0) is 7.56. The van der Waals surface area contributed by atoms with Gasteiger partial charge in [0.15, 0.2) is 0 Å². The number of rotatable bonds is 1. The lowest BCUT2D eigenvalue weighted by atomic mass is 10.4. The summed E-state index contributed by atoms with van der Waals surface area (Å²) in [6, 6.07) is 0. The molecule has 4 nitrogen and oxygen atoms in total. The van der Waals surface area contributed by atoms with Gasteiger partial charge in [0.2, 0.25) is 0 Å². The molecule has 0 unspecified atom stereocenters. The fourth-order valence-corrected chi connectivity index (χ4v) is 0.700. The van der Waals surface area contributed by atoms with Crippen LogP contribution in [-0.4, -0.2) is 17.0 Å². The normalized spacial score (nSPS) is 9.40. The van der Waals surface area contributed by atoms with Crippen molar-refractivity contribution in [3.05, 3.63) is 11.9 Å². The van der Waals surface area contributed by atoms with Crippen LogP contribution in [-0.2, 0) is 0 Å². The smallest absolute Gasteiger partial charge is 0.149 e. The summed E-state index contributed by atoms with van der Waals surface area (Å²) in [5.74, 6) is 1.18. The third kappa shape index (κ3) is 1.15. The standard InChI is InChI=1S/C6H10N4/c1-4-6(8-2)10-5(7)3-9-4/h3H,1-2H3,(H3,7,8,10). The highest BCUT2D eigenvalue weighted by Gasteiger charge is 1.96. The van der Waals surface area contributed by atoms with E-state index in [1.807, 2.05) is 6.92 Å². The zero-order valence-electron chi connectivity index (χ0n) is 6.05. The number of aryl methyl sites for hydroxylation is 1. The number of hydrogen-bond acceptors (Lipinski definition) is 4. The molecule has 1 aromatic rings. The molecular formula is C6H10N4. The molecule has 0 spiro atoms. The van der Waals surface area contributed by atoms with Gasteiger partial charge < -0.3 is 11.1 Å². The lowest BCUT2D eigenvalue weighted by Crippen LogP contribution is -2.00. The Kier molecular flexibility index (Phi) is 1.71. The highest BCUT2D eigenvalue weighted by Crippen LogP contribution is 2.07. The Morgan fingerprint density at radius 2 is 2.30 bits per heavy atom. The van der Waals surface area contributed by atoms with E-state index in [4.69, 9.17) is 5.73 Å². The minimum absolute atomic E-state index is 0.440. The van der Waals surface area contributed by atoms with Gasteiger partial charge in [-0.25, -0.2) is 4.98 Å². The molecule has 0 fully saturated rings. The Bertz CT molecular complexity index is 233. The van der Waals surface area contributed by atoms with Gasteiger partial charge in [-0.2, -0.15) is 0 Å². The Morgan fingerprint density at radius 3 is 2.80 bits per heavy atom. The summed E-state index contributed by atoms with van der Waals surface area (Å²) in [5, 5.41) is 2.88. The molecule has 0 saturated heterocycles. The first kappa shape index (κ1) is 6.80. The van der Waals surface area contributed by atoms with Crippen molar-refractivity contribution in [2.24, 2.45) is 0 Å². The van der Waals surface area contributed by atoms with Crippen LogP contribution in [0.5, 0.6) is 0 Å². The van der Waals surface area contributed by atoms with E-state index in [0.717, 1.165) is 11.5 Å². The van der Waals surface area contributed by atoms with Gasteiger partial charge in [-0.3, -0.25) is 4.98 Å². The molecule has 0 amide bonds. The topological polar surface area (TPSA) is 63.8 Å². The summed E-state index contributed by atoms with van der Waals surface area (Å²) in [5.41, 5.74) is 6.25. The van der Waals surface area contributed by atoms with Gasteiger partial charge >= 0.3 is 0 Å². The first-order valence-electron chi connectivity index (χ1n) is 3.01. The summed E-state index contributed by atoms with van der Waals surface area (Å²) < 4.78 is 0. The van der Waals surface area contributed by atoms with Crippen molar-refractivity contribution in [2.75, 3.05) is 18.1 Å². The molecule has 0 radical (unpaired) electrons. The molecule has 1 rings (SSSR count). The molecule has 0 atom stereocenters. The van der Waals surface area contributed by atoms with Gasteiger partial charge in [0, 0.05) is 7.05 Å². The van der Waals surface area contributed by atoms with Crippen molar-refractivity contribution in [3.63, 3.8) is 0 Å². The van der Waals surface area contributed by atoms with Crippen LogP contribution in [0, 0.1) is 6.92 Å². The monoisotopic (exact) mass is 138 g/mol. The molecular weight excluding hydrogens is 128 g/mol. The number of nitrogens with one attached hydrogen (secondary N) is 1. The Morgan fingerprint density at radius 1 is 1.60 bits per heavy atom. The molecule has 0 aliphatic heterocycles. The van der Waals surface area contributed by atoms with Crippen molar-refractivity contribution >= 4 is 11.6 Å². The van der Waals surface area contributed by atoms with Crippen LogP contribution >= 0.6 is 0 Å². The second-order valence-corrected chi connectivity index (χ2v) is 1.98.